The average molecular weight is 196 g/mol. The van der Waals surface area contributed by atoms with E-state index in [9.17, 15) is 5.26 Å². The first kappa shape index (κ1) is 9.74. The van der Waals surface area contributed by atoms with E-state index >= 15 is 0 Å². The van der Waals surface area contributed by atoms with Crippen molar-refractivity contribution < 1.29 is 0 Å². The highest BCUT2D eigenvalue weighted by Crippen LogP contribution is 2.39. The van der Waals surface area contributed by atoms with Gasteiger partial charge in [-0.25, -0.2) is 0 Å². The van der Waals surface area contributed by atoms with Gasteiger partial charge in [0.05, 0.1) is 24.0 Å². The summed E-state index contributed by atoms with van der Waals surface area (Å²) in [6.07, 6.45) is 3.16. The van der Waals surface area contributed by atoms with Crippen LogP contribution < -0.4 is 0 Å². The molecule has 1 aromatic carbocycles. The van der Waals surface area contributed by atoms with Crippen LogP contribution in [0.5, 0.6) is 0 Å². The minimum absolute atomic E-state index is 0.306. The highest BCUT2D eigenvalue weighted by atomic mass is 14.4. The van der Waals surface area contributed by atoms with E-state index in [0.29, 0.717) is 6.42 Å². The maximum absolute atomic E-state index is 9.32. The number of benzene rings is 1. The smallest absolute Gasteiger partial charge is 0.0954 e. The summed E-state index contributed by atoms with van der Waals surface area (Å²) in [6.45, 7) is 0. The lowest BCUT2D eigenvalue weighted by molar-refractivity contribution is 0.461. The summed E-state index contributed by atoms with van der Waals surface area (Å²) in [7, 11) is 0. The van der Waals surface area contributed by atoms with Gasteiger partial charge in [0.25, 0.3) is 0 Å². The molecular weight excluding hydrogens is 184 g/mol. The molecule has 1 aliphatic carbocycles. The molecule has 0 heterocycles. The summed E-state index contributed by atoms with van der Waals surface area (Å²) in [5, 5.41) is 18.2. The molecule has 1 aromatic rings. The van der Waals surface area contributed by atoms with Gasteiger partial charge in [0.2, 0.25) is 0 Å². The lowest BCUT2D eigenvalue weighted by atomic mass is 9.69. The Morgan fingerprint density at radius 3 is 2.80 bits per heavy atom. The molecule has 0 saturated heterocycles. The van der Waals surface area contributed by atoms with Gasteiger partial charge < -0.3 is 0 Å². The van der Waals surface area contributed by atoms with E-state index in [0.717, 1.165) is 24.8 Å². The molecule has 0 aliphatic heterocycles. The second-order valence-electron chi connectivity index (χ2n) is 4.04. The molecule has 0 fully saturated rings. The molecule has 0 aromatic heterocycles. The zero-order valence-corrected chi connectivity index (χ0v) is 8.53. The average Bonchev–Trinajstić information content (AvgIpc) is 2.30. The van der Waals surface area contributed by atoms with Gasteiger partial charge in [-0.05, 0) is 30.4 Å². The molecule has 2 heteroatoms. The number of hydrogen-bond acceptors (Lipinski definition) is 2. The largest absolute Gasteiger partial charge is 0.198 e. The maximum Gasteiger partial charge on any atom is 0.0954 e. The zero-order chi connectivity index (χ0) is 10.7. The van der Waals surface area contributed by atoms with Crippen molar-refractivity contribution >= 4 is 0 Å². The van der Waals surface area contributed by atoms with Crippen molar-refractivity contribution in [1.29, 1.82) is 10.5 Å². The van der Waals surface area contributed by atoms with Crippen LogP contribution in [0.15, 0.2) is 24.3 Å². The molecule has 0 radical (unpaired) electrons. The van der Waals surface area contributed by atoms with Crippen LogP contribution in [-0.4, -0.2) is 0 Å². The first-order valence-electron chi connectivity index (χ1n) is 5.19. The van der Waals surface area contributed by atoms with E-state index in [1.807, 2.05) is 18.2 Å². The van der Waals surface area contributed by atoms with Crippen molar-refractivity contribution in [2.75, 3.05) is 0 Å². The second-order valence-corrected chi connectivity index (χ2v) is 4.04. The summed E-state index contributed by atoms with van der Waals surface area (Å²) in [5.74, 6) is 0. The summed E-state index contributed by atoms with van der Waals surface area (Å²) >= 11 is 0. The molecule has 2 nitrogen and oxygen atoms in total. The summed E-state index contributed by atoms with van der Waals surface area (Å²) in [5.41, 5.74) is 1.75. The van der Waals surface area contributed by atoms with E-state index < -0.39 is 5.41 Å². The third-order valence-corrected chi connectivity index (χ3v) is 3.18. The second kappa shape index (κ2) is 3.75. The lowest BCUT2D eigenvalue weighted by Crippen LogP contribution is -2.28. The summed E-state index contributed by atoms with van der Waals surface area (Å²) in [4.78, 5) is 0. The molecule has 1 atom stereocenters. The SMILES string of the molecule is N#CC[C@]1(C#N)CCCc2ccccc21. The Labute approximate surface area is 89.8 Å². The Bertz CT molecular complexity index is 450. The van der Waals surface area contributed by atoms with Crippen molar-refractivity contribution in [3.8, 4) is 12.1 Å². The zero-order valence-electron chi connectivity index (χ0n) is 8.53. The molecule has 15 heavy (non-hydrogen) atoms. The van der Waals surface area contributed by atoms with Crippen molar-refractivity contribution in [1.82, 2.24) is 0 Å². The van der Waals surface area contributed by atoms with Crippen molar-refractivity contribution in [3.05, 3.63) is 35.4 Å². The highest BCUT2D eigenvalue weighted by Gasteiger charge is 2.36. The molecule has 1 aliphatic rings. The normalized spacial score (nSPS) is 23.6. The van der Waals surface area contributed by atoms with Gasteiger partial charge in [-0.1, -0.05) is 24.3 Å². The molecule has 0 spiro atoms. The van der Waals surface area contributed by atoms with Crippen LogP contribution in [0.25, 0.3) is 0 Å². The Kier molecular flexibility index (Phi) is 2.44. The van der Waals surface area contributed by atoms with Crippen LogP contribution in [0.3, 0.4) is 0 Å². The molecule has 0 N–H and O–H groups in total. The van der Waals surface area contributed by atoms with E-state index in [4.69, 9.17) is 5.26 Å². The number of hydrogen-bond donors (Lipinski definition) is 0. The number of nitrogens with zero attached hydrogens (tertiary/aromatic N) is 2. The molecule has 0 saturated carbocycles. The van der Waals surface area contributed by atoms with E-state index in [-0.39, 0.29) is 0 Å². The van der Waals surface area contributed by atoms with Gasteiger partial charge in [-0.3, -0.25) is 0 Å². The third-order valence-electron chi connectivity index (χ3n) is 3.18. The van der Waals surface area contributed by atoms with Gasteiger partial charge in [0, 0.05) is 0 Å². The van der Waals surface area contributed by atoms with Gasteiger partial charge in [0.1, 0.15) is 0 Å². The number of rotatable bonds is 1. The van der Waals surface area contributed by atoms with Gasteiger partial charge >= 0.3 is 0 Å². The standard InChI is InChI=1S/C13H12N2/c14-9-8-13(10-15)7-3-5-11-4-1-2-6-12(11)13/h1-2,4,6H,3,5,7-8H2/t13-/m0/s1. The first-order valence-corrected chi connectivity index (χ1v) is 5.19. The predicted octanol–water partition coefficient (Wildman–Crippen LogP) is 2.70. The van der Waals surface area contributed by atoms with Crippen molar-refractivity contribution in [3.63, 3.8) is 0 Å². The van der Waals surface area contributed by atoms with Gasteiger partial charge in [0.15, 0.2) is 0 Å². The fourth-order valence-corrected chi connectivity index (χ4v) is 2.39. The van der Waals surface area contributed by atoms with E-state index in [1.165, 1.54) is 5.56 Å². The first-order chi connectivity index (χ1) is 7.32. The minimum atomic E-state index is -0.552. The Morgan fingerprint density at radius 2 is 2.07 bits per heavy atom. The van der Waals surface area contributed by atoms with E-state index in [1.54, 1.807) is 0 Å². The molecule has 74 valence electrons. The Balaban J connectivity index is 2.54. The predicted molar refractivity (Wildman–Crippen MR) is 56.9 cm³/mol. The third kappa shape index (κ3) is 1.49. The van der Waals surface area contributed by atoms with E-state index in [2.05, 4.69) is 18.2 Å². The number of nitriles is 2. The van der Waals surface area contributed by atoms with Gasteiger partial charge in [-0.2, -0.15) is 10.5 Å². The van der Waals surface area contributed by atoms with Crippen LogP contribution in [0.2, 0.25) is 0 Å². The molecular formula is C13H12N2. The van der Waals surface area contributed by atoms with Crippen LogP contribution in [0.4, 0.5) is 0 Å². The van der Waals surface area contributed by atoms with Crippen LogP contribution in [0.1, 0.15) is 30.4 Å². The van der Waals surface area contributed by atoms with Crippen LogP contribution >= 0.6 is 0 Å². The summed E-state index contributed by atoms with van der Waals surface area (Å²) in [6, 6.07) is 12.5. The molecule has 2 rings (SSSR count). The Morgan fingerprint density at radius 1 is 1.27 bits per heavy atom. The van der Waals surface area contributed by atoms with Crippen molar-refractivity contribution in [2.24, 2.45) is 0 Å². The van der Waals surface area contributed by atoms with Crippen LogP contribution in [0, 0.1) is 22.7 Å². The molecule has 0 bridgehead atoms. The number of fused-ring (bicyclic) bond motifs is 1. The molecule has 0 amide bonds. The highest BCUT2D eigenvalue weighted by molar-refractivity contribution is 5.42. The lowest BCUT2D eigenvalue weighted by Gasteiger charge is -2.31. The minimum Gasteiger partial charge on any atom is -0.198 e. The monoisotopic (exact) mass is 196 g/mol. The molecule has 0 unspecified atom stereocenters. The van der Waals surface area contributed by atoms with Crippen LogP contribution in [-0.2, 0) is 11.8 Å². The topological polar surface area (TPSA) is 47.6 Å². The van der Waals surface area contributed by atoms with Gasteiger partial charge in [-0.15, -0.1) is 0 Å². The van der Waals surface area contributed by atoms with Crippen molar-refractivity contribution in [2.45, 2.75) is 31.1 Å². The fourth-order valence-electron chi connectivity index (χ4n) is 2.39. The maximum atomic E-state index is 9.32. The Hall–Kier alpha value is -1.80. The summed E-state index contributed by atoms with van der Waals surface area (Å²) < 4.78 is 0. The quantitative estimate of drug-likeness (QED) is 0.693. The number of aryl methyl sites for hydroxylation is 1. The fraction of sp³-hybridized carbons (Fsp3) is 0.385.